The summed E-state index contributed by atoms with van der Waals surface area (Å²) in [6.45, 7) is 0. The van der Waals surface area contributed by atoms with Crippen molar-refractivity contribution < 1.29 is 4.42 Å². The zero-order valence-corrected chi connectivity index (χ0v) is 31.8. The van der Waals surface area contributed by atoms with E-state index in [4.69, 9.17) is 4.42 Å². The summed E-state index contributed by atoms with van der Waals surface area (Å²) in [6, 6.07) is 67.6. The molecule has 0 aliphatic heterocycles. The number of hydrogen-bond acceptors (Lipinski definition) is 2. The number of furan rings is 1. The molecule has 11 rings (SSSR count). The average Bonchev–Trinajstić information content (AvgIpc) is 3.70. The smallest absolute Gasteiger partial charge is 0.143 e. The Hall–Kier alpha value is -7.62. The molecule has 0 radical (unpaired) electrons. The number of aromatic nitrogens is 1. The second-order valence-electron chi connectivity index (χ2n) is 14.9. The fraction of sp³-hybridized carbons (Fsp3) is 0.0182. The number of benzene rings is 8. The molecule has 274 valence electrons. The molecule has 8 aromatic carbocycles. The third-order valence-corrected chi connectivity index (χ3v) is 11.4. The van der Waals surface area contributed by atoms with E-state index in [0.29, 0.717) is 0 Å². The van der Waals surface area contributed by atoms with E-state index in [1.54, 1.807) is 0 Å². The first-order valence-electron chi connectivity index (χ1n) is 19.9. The molecular weight excluding hydrogens is 705 g/mol. The van der Waals surface area contributed by atoms with Gasteiger partial charge in [-0.2, -0.15) is 0 Å². The van der Waals surface area contributed by atoms with Gasteiger partial charge in [0.25, 0.3) is 0 Å². The first-order valence-corrected chi connectivity index (χ1v) is 19.9. The monoisotopic (exact) mass is 742 g/mol. The van der Waals surface area contributed by atoms with Crippen molar-refractivity contribution in [3.8, 4) is 33.4 Å². The highest BCUT2D eigenvalue weighted by molar-refractivity contribution is 6.12. The molecule has 0 fully saturated rings. The maximum Gasteiger partial charge on any atom is 0.143 e. The first-order chi connectivity index (χ1) is 28.8. The van der Waals surface area contributed by atoms with Gasteiger partial charge in [0.15, 0.2) is 0 Å². The van der Waals surface area contributed by atoms with Gasteiger partial charge in [-0.1, -0.05) is 152 Å². The molecular formula is C55H38N2O. The third kappa shape index (κ3) is 5.84. The van der Waals surface area contributed by atoms with Crippen molar-refractivity contribution in [3.05, 3.63) is 218 Å². The Balaban J connectivity index is 1.02. The Labute approximate surface area is 337 Å². The van der Waals surface area contributed by atoms with Crippen molar-refractivity contribution in [2.75, 3.05) is 4.90 Å². The van der Waals surface area contributed by atoms with Crippen molar-refractivity contribution in [1.82, 2.24) is 4.57 Å². The van der Waals surface area contributed by atoms with Crippen LogP contribution >= 0.6 is 0 Å². The predicted octanol–water partition coefficient (Wildman–Crippen LogP) is 15.5. The van der Waals surface area contributed by atoms with Gasteiger partial charge < -0.3 is 13.9 Å². The summed E-state index contributed by atoms with van der Waals surface area (Å²) in [4.78, 5) is 2.37. The van der Waals surface area contributed by atoms with Crippen molar-refractivity contribution in [1.29, 1.82) is 0 Å². The van der Waals surface area contributed by atoms with Crippen LogP contribution in [0.2, 0.25) is 0 Å². The molecule has 0 unspecified atom stereocenters. The summed E-state index contributed by atoms with van der Waals surface area (Å²) in [5, 5.41) is 4.71. The number of hydrogen-bond donors (Lipinski definition) is 0. The molecule has 0 saturated carbocycles. The van der Waals surface area contributed by atoms with E-state index in [9.17, 15) is 0 Å². The van der Waals surface area contributed by atoms with Gasteiger partial charge in [0.1, 0.15) is 11.2 Å². The van der Waals surface area contributed by atoms with Crippen LogP contribution in [-0.2, 0) is 0 Å². The standard InChI is InChI=1S/C55H38N2O/c1-2-7-16-43(15-6-1)57-52-21-10-8-17-48(52)51-37-46(35-36-53(51)57)56(44-31-27-41(28-32-44)40-25-23-39(24-26-40)38-13-4-3-5-14-38)45-33-29-42(30-34-45)47-19-12-20-50-49-18-9-11-22-54(49)58-55(47)50/h1,3-37H,2H2. The number of nitrogens with zero attached hydrogens (tertiary/aromatic N) is 2. The molecule has 1 aliphatic carbocycles. The van der Waals surface area contributed by atoms with E-state index in [2.05, 4.69) is 216 Å². The zero-order chi connectivity index (χ0) is 38.4. The summed E-state index contributed by atoms with van der Waals surface area (Å²) in [5.41, 5.74) is 15.6. The molecule has 0 atom stereocenters. The van der Waals surface area contributed by atoms with E-state index in [1.165, 1.54) is 44.1 Å². The van der Waals surface area contributed by atoms with Crippen LogP contribution in [0.5, 0.6) is 0 Å². The molecule has 2 heterocycles. The largest absolute Gasteiger partial charge is 0.455 e. The first kappa shape index (κ1) is 33.7. The van der Waals surface area contributed by atoms with Gasteiger partial charge in [0, 0.05) is 49.9 Å². The fourth-order valence-corrected chi connectivity index (χ4v) is 8.60. The summed E-state index contributed by atoms with van der Waals surface area (Å²) in [5.74, 6) is 0. The lowest BCUT2D eigenvalue weighted by Crippen LogP contribution is -2.10. The van der Waals surface area contributed by atoms with E-state index >= 15 is 0 Å². The van der Waals surface area contributed by atoms with Gasteiger partial charge in [-0.3, -0.25) is 0 Å². The molecule has 3 nitrogen and oxygen atoms in total. The Morgan fingerprint density at radius 1 is 0.431 bits per heavy atom. The Bertz CT molecular complexity index is 3210. The van der Waals surface area contributed by atoms with Gasteiger partial charge in [-0.05, 0) is 101 Å². The fourth-order valence-electron chi connectivity index (χ4n) is 8.60. The molecule has 2 aromatic heterocycles. The van der Waals surface area contributed by atoms with E-state index in [-0.39, 0.29) is 0 Å². The average molecular weight is 743 g/mol. The highest BCUT2D eigenvalue weighted by Crippen LogP contribution is 2.42. The summed E-state index contributed by atoms with van der Waals surface area (Å²) < 4.78 is 8.82. The second-order valence-corrected chi connectivity index (χ2v) is 14.9. The van der Waals surface area contributed by atoms with E-state index in [0.717, 1.165) is 62.2 Å². The van der Waals surface area contributed by atoms with Gasteiger partial charge in [-0.25, -0.2) is 0 Å². The number of fused-ring (bicyclic) bond motifs is 6. The quantitative estimate of drug-likeness (QED) is 0.162. The third-order valence-electron chi connectivity index (χ3n) is 11.4. The van der Waals surface area contributed by atoms with Crippen LogP contribution in [0.4, 0.5) is 17.1 Å². The molecule has 3 heteroatoms. The topological polar surface area (TPSA) is 21.3 Å². The number of anilines is 3. The Kier molecular flexibility index (Phi) is 8.22. The number of rotatable bonds is 7. The molecule has 0 bridgehead atoms. The zero-order valence-electron chi connectivity index (χ0n) is 31.8. The highest BCUT2D eigenvalue weighted by Gasteiger charge is 2.19. The predicted molar refractivity (Wildman–Crippen MR) is 245 cm³/mol. The van der Waals surface area contributed by atoms with Crippen LogP contribution in [0.15, 0.2) is 223 Å². The molecule has 1 aliphatic rings. The van der Waals surface area contributed by atoms with Crippen molar-refractivity contribution in [2.24, 2.45) is 0 Å². The normalized spacial score (nSPS) is 12.7. The second kappa shape index (κ2) is 14.1. The molecule has 58 heavy (non-hydrogen) atoms. The molecule has 10 aromatic rings. The van der Waals surface area contributed by atoms with Gasteiger partial charge in [-0.15, -0.1) is 0 Å². The summed E-state index contributed by atoms with van der Waals surface area (Å²) in [7, 11) is 0. The van der Waals surface area contributed by atoms with Gasteiger partial charge in [0.2, 0.25) is 0 Å². The van der Waals surface area contributed by atoms with E-state index < -0.39 is 0 Å². The van der Waals surface area contributed by atoms with Crippen LogP contribution in [0, 0.1) is 0 Å². The molecule has 0 amide bonds. The molecule has 0 N–H and O–H groups in total. The Morgan fingerprint density at radius 2 is 1.02 bits per heavy atom. The van der Waals surface area contributed by atoms with Gasteiger partial charge >= 0.3 is 0 Å². The van der Waals surface area contributed by atoms with E-state index in [1.807, 2.05) is 12.1 Å². The van der Waals surface area contributed by atoms with Crippen LogP contribution < -0.4 is 4.90 Å². The lowest BCUT2D eigenvalue weighted by atomic mass is 10.00. The minimum atomic E-state index is 0.905. The number of para-hydroxylation sites is 3. The van der Waals surface area contributed by atoms with Crippen LogP contribution in [0.25, 0.3) is 82.8 Å². The molecule has 0 saturated heterocycles. The minimum absolute atomic E-state index is 0.905. The number of allylic oxidation sites excluding steroid dienone is 6. The maximum absolute atomic E-state index is 6.44. The maximum atomic E-state index is 6.44. The lowest BCUT2D eigenvalue weighted by molar-refractivity contribution is 0.670. The molecule has 0 spiro atoms. The minimum Gasteiger partial charge on any atom is -0.455 e. The summed E-state index contributed by atoms with van der Waals surface area (Å²) >= 11 is 0. The lowest BCUT2D eigenvalue weighted by Gasteiger charge is -2.26. The Morgan fingerprint density at radius 3 is 1.78 bits per heavy atom. The SMILES string of the molecule is C1=CCC=CC(n2c3ccccc3c3cc(N(c4ccc(-c5ccc(-c6ccccc6)cc5)cc4)c4ccc(-c5cccc6c5oc5ccccc56)cc4)ccc32)=C1. The van der Waals surface area contributed by atoms with Gasteiger partial charge in [0.05, 0.1) is 11.0 Å². The summed E-state index contributed by atoms with van der Waals surface area (Å²) in [6.07, 6.45) is 12.0. The van der Waals surface area contributed by atoms with Crippen LogP contribution in [-0.4, -0.2) is 4.57 Å². The van der Waals surface area contributed by atoms with Crippen LogP contribution in [0.1, 0.15) is 6.42 Å². The van der Waals surface area contributed by atoms with Crippen molar-refractivity contribution in [2.45, 2.75) is 6.42 Å². The van der Waals surface area contributed by atoms with Crippen LogP contribution in [0.3, 0.4) is 0 Å². The van der Waals surface area contributed by atoms with Crippen molar-refractivity contribution in [3.63, 3.8) is 0 Å². The van der Waals surface area contributed by atoms with Crippen molar-refractivity contribution >= 4 is 66.5 Å². The highest BCUT2D eigenvalue weighted by atomic mass is 16.3.